The zero-order valence-corrected chi connectivity index (χ0v) is 16.5. The van der Waals surface area contributed by atoms with Gasteiger partial charge in [-0.3, -0.25) is 19.7 Å². The summed E-state index contributed by atoms with van der Waals surface area (Å²) in [5.41, 5.74) is 0.649. The van der Waals surface area contributed by atoms with E-state index < -0.39 is 16.8 Å². The summed E-state index contributed by atoms with van der Waals surface area (Å²) in [5.74, 6) is -0.434. The molecule has 0 radical (unpaired) electrons. The third kappa shape index (κ3) is 4.49. The Balaban J connectivity index is 2.11. The first kappa shape index (κ1) is 20.2. The molecule has 29 heavy (non-hydrogen) atoms. The van der Waals surface area contributed by atoms with Gasteiger partial charge in [0.2, 0.25) is 0 Å². The van der Waals surface area contributed by atoms with E-state index in [2.05, 4.69) is 4.99 Å². The van der Waals surface area contributed by atoms with Gasteiger partial charge in [0, 0.05) is 17.7 Å². The molecule has 0 aliphatic rings. The van der Waals surface area contributed by atoms with E-state index in [9.17, 15) is 19.7 Å². The molecule has 9 nitrogen and oxygen atoms in total. The maximum atomic E-state index is 12.6. The summed E-state index contributed by atoms with van der Waals surface area (Å²) in [6.07, 6.45) is 0. The first-order valence-corrected chi connectivity index (χ1v) is 9.41. The van der Waals surface area contributed by atoms with Crippen LogP contribution in [0.3, 0.4) is 0 Å². The van der Waals surface area contributed by atoms with Crippen LogP contribution in [0.25, 0.3) is 10.2 Å². The number of benzene rings is 2. The number of methoxy groups -OCH3 is 1. The lowest BCUT2D eigenvalue weighted by Crippen LogP contribution is -2.23. The highest BCUT2D eigenvalue weighted by Gasteiger charge is 2.16. The van der Waals surface area contributed by atoms with Crippen LogP contribution < -0.4 is 9.54 Å². The number of amides is 1. The molecule has 3 rings (SSSR count). The Morgan fingerprint density at radius 1 is 1.21 bits per heavy atom. The zero-order chi connectivity index (χ0) is 21.0. The maximum absolute atomic E-state index is 12.6. The lowest BCUT2D eigenvalue weighted by Gasteiger charge is -2.05. The van der Waals surface area contributed by atoms with Gasteiger partial charge in [0.05, 0.1) is 28.9 Å². The van der Waals surface area contributed by atoms with Crippen LogP contribution in [0.4, 0.5) is 5.69 Å². The summed E-state index contributed by atoms with van der Waals surface area (Å²) in [6.45, 7) is 1.65. The van der Waals surface area contributed by atoms with Gasteiger partial charge in [0.1, 0.15) is 12.3 Å². The molecule has 0 aliphatic carbocycles. The van der Waals surface area contributed by atoms with Crippen molar-refractivity contribution < 1.29 is 24.0 Å². The van der Waals surface area contributed by atoms with E-state index in [1.807, 2.05) is 0 Å². The number of hydrogen-bond donors (Lipinski definition) is 0. The van der Waals surface area contributed by atoms with E-state index in [1.165, 1.54) is 23.8 Å². The monoisotopic (exact) mass is 415 g/mol. The standard InChI is InChI=1S/C19H17N3O6S/c1-3-28-17(23)11-21-15-10-13(22(25)26)6-9-16(15)29-19(21)20-18(24)12-4-7-14(27-2)8-5-12/h4-10H,3,11H2,1-2H3. The molecule has 0 aliphatic heterocycles. The van der Waals surface area contributed by atoms with Gasteiger partial charge in [-0.05, 0) is 37.3 Å². The summed E-state index contributed by atoms with van der Waals surface area (Å²) in [4.78, 5) is 39.6. The summed E-state index contributed by atoms with van der Waals surface area (Å²) in [7, 11) is 1.52. The van der Waals surface area contributed by atoms with Gasteiger partial charge < -0.3 is 14.0 Å². The van der Waals surface area contributed by atoms with Crippen LogP contribution in [0.5, 0.6) is 5.75 Å². The topological polar surface area (TPSA) is 113 Å². The number of esters is 1. The second-order valence-corrected chi connectivity index (χ2v) is 6.84. The molecule has 0 saturated heterocycles. The molecule has 0 saturated carbocycles. The van der Waals surface area contributed by atoms with Gasteiger partial charge in [-0.2, -0.15) is 4.99 Å². The molecule has 3 aromatic rings. The second kappa shape index (κ2) is 8.65. The molecule has 0 unspecified atom stereocenters. The molecule has 0 atom stereocenters. The number of nitro benzene ring substituents is 1. The summed E-state index contributed by atoms with van der Waals surface area (Å²) in [6, 6.07) is 10.7. The summed E-state index contributed by atoms with van der Waals surface area (Å²) < 4.78 is 12.2. The highest BCUT2D eigenvalue weighted by molar-refractivity contribution is 7.16. The Kier molecular flexibility index (Phi) is 6.03. The number of nitrogens with zero attached hydrogens (tertiary/aromatic N) is 3. The largest absolute Gasteiger partial charge is 0.497 e. The van der Waals surface area contributed by atoms with Crippen LogP contribution in [-0.4, -0.2) is 35.1 Å². The van der Waals surface area contributed by atoms with Crippen LogP contribution in [0.15, 0.2) is 47.5 Å². The number of aromatic nitrogens is 1. The van der Waals surface area contributed by atoms with E-state index in [0.717, 1.165) is 11.3 Å². The zero-order valence-electron chi connectivity index (χ0n) is 15.7. The Morgan fingerprint density at radius 2 is 1.93 bits per heavy atom. The van der Waals surface area contributed by atoms with E-state index in [4.69, 9.17) is 9.47 Å². The molecule has 0 spiro atoms. The molecule has 1 aromatic heterocycles. The van der Waals surface area contributed by atoms with Gasteiger partial charge in [0.25, 0.3) is 11.6 Å². The average molecular weight is 415 g/mol. The van der Waals surface area contributed by atoms with Crippen molar-refractivity contribution in [3.63, 3.8) is 0 Å². The maximum Gasteiger partial charge on any atom is 0.326 e. The number of thiazole rings is 1. The fourth-order valence-electron chi connectivity index (χ4n) is 2.63. The van der Waals surface area contributed by atoms with Crippen molar-refractivity contribution in [2.24, 2.45) is 4.99 Å². The number of ether oxygens (including phenoxy) is 2. The molecular weight excluding hydrogens is 398 g/mol. The Morgan fingerprint density at radius 3 is 2.55 bits per heavy atom. The second-order valence-electron chi connectivity index (χ2n) is 5.83. The normalized spacial score (nSPS) is 11.4. The molecule has 1 heterocycles. The van der Waals surface area contributed by atoms with Crippen molar-refractivity contribution in [2.75, 3.05) is 13.7 Å². The Hall–Kier alpha value is -3.53. The summed E-state index contributed by atoms with van der Waals surface area (Å²) >= 11 is 1.16. The molecule has 150 valence electrons. The average Bonchev–Trinajstić information content (AvgIpc) is 3.04. The van der Waals surface area contributed by atoms with Crippen LogP contribution in [0, 0.1) is 10.1 Å². The fraction of sp³-hybridized carbons (Fsp3) is 0.211. The van der Waals surface area contributed by atoms with Gasteiger partial charge >= 0.3 is 5.97 Å². The molecule has 0 N–H and O–H groups in total. The fourth-order valence-corrected chi connectivity index (χ4v) is 3.64. The number of rotatable bonds is 6. The van der Waals surface area contributed by atoms with Crippen LogP contribution >= 0.6 is 11.3 Å². The van der Waals surface area contributed by atoms with Gasteiger partial charge in [-0.25, -0.2) is 0 Å². The van der Waals surface area contributed by atoms with Gasteiger partial charge in [-0.1, -0.05) is 11.3 Å². The highest BCUT2D eigenvalue weighted by atomic mass is 32.1. The number of carbonyl (C=O) groups is 2. The third-order valence-electron chi connectivity index (χ3n) is 4.00. The molecule has 1 amide bonds. The molecular formula is C19H17N3O6S. The van der Waals surface area contributed by atoms with E-state index in [-0.39, 0.29) is 23.6 Å². The molecule has 2 aromatic carbocycles. The Labute approximate surface area is 169 Å². The number of hydrogen-bond acceptors (Lipinski definition) is 7. The first-order valence-electron chi connectivity index (χ1n) is 8.59. The van der Waals surface area contributed by atoms with Gasteiger partial charge in [0.15, 0.2) is 4.80 Å². The molecule has 0 fully saturated rings. The van der Waals surface area contributed by atoms with Crippen LogP contribution in [0.2, 0.25) is 0 Å². The third-order valence-corrected chi connectivity index (χ3v) is 5.06. The van der Waals surface area contributed by atoms with Crippen molar-refractivity contribution in [2.45, 2.75) is 13.5 Å². The number of non-ortho nitro benzene ring substituents is 1. The van der Waals surface area contributed by atoms with E-state index >= 15 is 0 Å². The lowest BCUT2D eigenvalue weighted by molar-refractivity contribution is -0.384. The van der Waals surface area contributed by atoms with Crippen molar-refractivity contribution >= 4 is 39.1 Å². The van der Waals surface area contributed by atoms with E-state index in [1.54, 1.807) is 37.3 Å². The number of carbonyl (C=O) groups excluding carboxylic acids is 2. The van der Waals surface area contributed by atoms with Crippen molar-refractivity contribution in [1.29, 1.82) is 0 Å². The van der Waals surface area contributed by atoms with Crippen LogP contribution in [0.1, 0.15) is 17.3 Å². The van der Waals surface area contributed by atoms with E-state index in [0.29, 0.717) is 21.5 Å². The predicted molar refractivity (Wildman–Crippen MR) is 106 cm³/mol. The molecule has 10 heteroatoms. The van der Waals surface area contributed by atoms with Gasteiger partial charge in [-0.15, -0.1) is 0 Å². The van der Waals surface area contributed by atoms with Crippen LogP contribution in [-0.2, 0) is 16.1 Å². The number of nitro groups is 1. The SMILES string of the molecule is CCOC(=O)Cn1c(=NC(=O)c2ccc(OC)cc2)sc2ccc([N+](=O)[O-])cc21. The van der Waals surface area contributed by atoms with Crippen molar-refractivity contribution in [1.82, 2.24) is 4.57 Å². The first-order chi connectivity index (χ1) is 13.9. The minimum absolute atomic E-state index is 0.124. The quantitative estimate of drug-likeness (QED) is 0.347. The lowest BCUT2D eigenvalue weighted by atomic mass is 10.2. The Bertz CT molecular complexity index is 1150. The smallest absolute Gasteiger partial charge is 0.326 e. The van der Waals surface area contributed by atoms with Crippen molar-refractivity contribution in [3.05, 3.63) is 62.9 Å². The minimum atomic E-state index is -0.531. The number of fused-ring (bicyclic) bond motifs is 1. The van der Waals surface area contributed by atoms with Crippen molar-refractivity contribution in [3.8, 4) is 5.75 Å². The highest BCUT2D eigenvalue weighted by Crippen LogP contribution is 2.23. The predicted octanol–water partition coefficient (Wildman–Crippen LogP) is 2.92. The molecule has 0 bridgehead atoms. The minimum Gasteiger partial charge on any atom is -0.497 e. The summed E-state index contributed by atoms with van der Waals surface area (Å²) in [5, 5.41) is 11.1.